The number of thiol groups is 1. The number of hydrogen-bond donors (Lipinski definition) is 3. The SMILES string of the molecule is C[C@@H]1CN(CCOC2CCC(N3C(S)N(c4ccc(C#N)c(C(F)(F)F)c4)C(=O)C3(C)C)CC2)C[C@H](C)N1CC(=O)Nc1ccc(C2CCC(=O)NC2=O)nc1. The van der Waals surface area contributed by atoms with Crippen LogP contribution in [-0.4, -0.2) is 111 Å². The van der Waals surface area contributed by atoms with Crippen molar-refractivity contribution >= 4 is 47.6 Å². The molecule has 2 aromatic rings. The van der Waals surface area contributed by atoms with E-state index in [-0.39, 0.29) is 66.5 Å². The van der Waals surface area contributed by atoms with Crippen LogP contribution < -0.4 is 15.5 Å². The summed E-state index contributed by atoms with van der Waals surface area (Å²) >= 11 is 4.76. The molecule has 1 aliphatic carbocycles. The van der Waals surface area contributed by atoms with Gasteiger partial charge in [0.2, 0.25) is 23.6 Å². The molecule has 4 aliphatic rings. The zero-order chi connectivity index (χ0) is 40.5. The molecule has 0 bridgehead atoms. The summed E-state index contributed by atoms with van der Waals surface area (Å²) in [6.07, 6.45) is 0.520. The van der Waals surface area contributed by atoms with E-state index < -0.39 is 34.3 Å². The molecular formula is C39H49F3N8O5S. The molecule has 56 heavy (non-hydrogen) atoms. The van der Waals surface area contributed by atoms with E-state index in [1.165, 1.54) is 17.2 Å². The summed E-state index contributed by atoms with van der Waals surface area (Å²) < 4.78 is 47.5. The maximum Gasteiger partial charge on any atom is 0.417 e. The molecule has 1 aromatic carbocycles. The second-order valence-electron chi connectivity index (χ2n) is 15.8. The fourth-order valence-corrected chi connectivity index (χ4v) is 9.37. The molecule has 302 valence electrons. The Labute approximate surface area is 330 Å². The summed E-state index contributed by atoms with van der Waals surface area (Å²) in [5, 5.41) is 14.5. The Morgan fingerprint density at radius 2 is 1.77 bits per heavy atom. The van der Waals surface area contributed by atoms with Gasteiger partial charge in [0, 0.05) is 49.9 Å². The fraction of sp³-hybridized carbons (Fsp3) is 0.590. The smallest absolute Gasteiger partial charge is 0.377 e. The van der Waals surface area contributed by atoms with Crippen molar-refractivity contribution in [2.75, 3.05) is 43.0 Å². The van der Waals surface area contributed by atoms with Crippen LogP contribution in [0.3, 0.4) is 0 Å². The third-order valence-corrected chi connectivity index (χ3v) is 12.0. The number of carbonyl (C=O) groups is 4. The first-order valence-corrected chi connectivity index (χ1v) is 19.6. The number of aromatic nitrogens is 1. The molecule has 4 fully saturated rings. The third-order valence-electron chi connectivity index (χ3n) is 11.5. The monoisotopic (exact) mass is 798 g/mol. The minimum atomic E-state index is -4.75. The van der Waals surface area contributed by atoms with Gasteiger partial charge in [0.05, 0.1) is 65.5 Å². The molecule has 0 spiro atoms. The van der Waals surface area contributed by atoms with Gasteiger partial charge >= 0.3 is 6.18 Å². The number of imide groups is 1. The summed E-state index contributed by atoms with van der Waals surface area (Å²) in [6.45, 7) is 10.8. The lowest BCUT2D eigenvalue weighted by molar-refractivity contribution is -0.138. The Kier molecular flexibility index (Phi) is 12.5. The number of alkyl halides is 3. The number of pyridine rings is 1. The van der Waals surface area contributed by atoms with E-state index in [1.807, 2.05) is 4.90 Å². The molecule has 17 heteroatoms. The molecule has 1 saturated carbocycles. The number of ether oxygens (including phenoxy) is 1. The quantitative estimate of drug-likeness (QED) is 0.232. The number of nitriles is 1. The van der Waals surface area contributed by atoms with Crippen molar-refractivity contribution < 1.29 is 37.1 Å². The molecule has 13 nitrogen and oxygen atoms in total. The highest BCUT2D eigenvalue weighted by Gasteiger charge is 2.54. The Bertz CT molecular complexity index is 1840. The number of nitrogens with zero attached hydrogens (tertiary/aromatic N) is 6. The number of rotatable bonds is 10. The van der Waals surface area contributed by atoms with Crippen LogP contribution in [0.15, 0.2) is 36.5 Å². The minimum Gasteiger partial charge on any atom is -0.377 e. The molecule has 4 atom stereocenters. The number of piperidine rings is 1. The van der Waals surface area contributed by atoms with Crippen LogP contribution in [0.25, 0.3) is 0 Å². The van der Waals surface area contributed by atoms with Crippen LogP contribution in [0.4, 0.5) is 24.5 Å². The summed E-state index contributed by atoms with van der Waals surface area (Å²) in [5.41, 5.74) is -2.23. The van der Waals surface area contributed by atoms with E-state index in [2.05, 4.69) is 39.3 Å². The molecule has 2 N–H and O–H groups in total. The summed E-state index contributed by atoms with van der Waals surface area (Å²) in [7, 11) is 0. The number of halogens is 3. The lowest BCUT2D eigenvalue weighted by atomic mass is 9.89. The van der Waals surface area contributed by atoms with E-state index in [0.717, 1.165) is 57.5 Å². The second kappa shape index (κ2) is 16.8. The number of piperazine rings is 1. The molecule has 3 saturated heterocycles. The standard InChI is InChI=1S/C39H49F3N8O5S/c1-23-20-47(21-24(2)48(23)22-34(52)45-26-6-13-32(44-19-26)30-12-14-33(51)46-35(30)53)15-16-55-29-10-8-27(9-11-29)50-37(56)49(36(54)38(50,3)4)28-7-5-25(18-43)31(17-28)39(40,41)42/h5-7,13,17,19,23-24,27,29-30,37,56H,8-12,14-16,20-22H2,1-4H3,(H,45,52)(H,46,51,53)/t23-,24+,27?,29?,30?,37?. The van der Waals surface area contributed by atoms with E-state index in [4.69, 9.17) is 17.4 Å². The highest BCUT2D eigenvalue weighted by atomic mass is 32.1. The Morgan fingerprint density at radius 3 is 2.38 bits per heavy atom. The zero-order valence-corrected chi connectivity index (χ0v) is 32.9. The zero-order valence-electron chi connectivity index (χ0n) is 32.0. The molecule has 3 aliphatic heterocycles. The lowest BCUT2D eigenvalue weighted by Crippen LogP contribution is -2.58. The average Bonchev–Trinajstić information content (AvgIpc) is 3.32. The second-order valence-corrected chi connectivity index (χ2v) is 16.2. The highest BCUT2D eigenvalue weighted by molar-refractivity contribution is 7.81. The molecule has 1 aromatic heterocycles. The Morgan fingerprint density at radius 1 is 1.07 bits per heavy atom. The predicted molar refractivity (Wildman–Crippen MR) is 204 cm³/mol. The topological polar surface area (TPSA) is 151 Å². The van der Waals surface area contributed by atoms with Crippen molar-refractivity contribution in [1.82, 2.24) is 25.0 Å². The number of hydrogen-bond acceptors (Lipinski definition) is 11. The van der Waals surface area contributed by atoms with Crippen molar-refractivity contribution in [3.63, 3.8) is 0 Å². The first-order valence-electron chi connectivity index (χ1n) is 19.1. The van der Waals surface area contributed by atoms with Gasteiger partial charge in [0.15, 0.2) is 0 Å². The van der Waals surface area contributed by atoms with Crippen molar-refractivity contribution in [1.29, 1.82) is 5.26 Å². The van der Waals surface area contributed by atoms with Crippen molar-refractivity contribution in [3.8, 4) is 6.07 Å². The van der Waals surface area contributed by atoms with Crippen molar-refractivity contribution in [2.24, 2.45) is 0 Å². The first kappa shape index (κ1) is 41.6. The summed E-state index contributed by atoms with van der Waals surface area (Å²) in [4.78, 5) is 62.5. The third kappa shape index (κ3) is 8.89. The first-order chi connectivity index (χ1) is 26.5. The van der Waals surface area contributed by atoms with Gasteiger partial charge < -0.3 is 10.1 Å². The van der Waals surface area contributed by atoms with Crippen molar-refractivity contribution in [2.45, 2.75) is 114 Å². The van der Waals surface area contributed by atoms with Crippen LogP contribution in [0.5, 0.6) is 0 Å². The number of carbonyl (C=O) groups excluding carboxylic acids is 4. The fourth-order valence-electron chi connectivity index (χ4n) is 8.66. The normalized spacial score (nSPS) is 27.9. The minimum absolute atomic E-state index is 0.0257. The molecule has 6 rings (SSSR count). The van der Waals surface area contributed by atoms with Crippen LogP contribution in [0.2, 0.25) is 0 Å². The summed E-state index contributed by atoms with van der Waals surface area (Å²) in [5.74, 6) is -1.64. The molecule has 2 unspecified atom stereocenters. The predicted octanol–water partition coefficient (Wildman–Crippen LogP) is 4.49. The average molecular weight is 799 g/mol. The number of nitrogens with one attached hydrogen (secondary N) is 2. The van der Waals surface area contributed by atoms with Gasteiger partial charge in [-0.25, -0.2) is 0 Å². The van der Waals surface area contributed by atoms with E-state index in [0.29, 0.717) is 24.4 Å². The maximum absolute atomic E-state index is 13.7. The van der Waals surface area contributed by atoms with Gasteiger partial charge in [-0.1, -0.05) is 0 Å². The van der Waals surface area contributed by atoms with E-state index >= 15 is 0 Å². The van der Waals surface area contributed by atoms with Crippen LogP contribution in [-0.2, 0) is 30.1 Å². The highest BCUT2D eigenvalue weighted by Crippen LogP contribution is 2.43. The maximum atomic E-state index is 13.7. The Balaban J connectivity index is 0.941. The van der Waals surface area contributed by atoms with Crippen LogP contribution in [0.1, 0.15) is 89.0 Å². The summed E-state index contributed by atoms with van der Waals surface area (Å²) in [6, 6.07) is 8.55. The molecule has 4 amide bonds. The van der Waals surface area contributed by atoms with E-state index in [9.17, 15) is 37.6 Å². The number of amides is 4. The van der Waals surface area contributed by atoms with Crippen LogP contribution >= 0.6 is 12.6 Å². The molecular weight excluding hydrogens is 750 g/mol. The molecule has 4 heterocycles. The van der Waals surface area contributed by atoms with Gasteiger partial charge in [-0.3, -0.25) is 49.1 Å². The Hall–Kier alpha value is -4.08. The number of anilines is 2. The van der Waals surface area contributed by atoms with Crippen LogP contribution in [0, 0.1) is 11.3 Å². The van der Waals surface area contributed by atoms with Gasteiger partial charge in [0.25, 0.3) is 0 Å². The molecule has 0 radical (unpaired) electrons. The van der Waals surface area contributed by atoms with Gasteiger partial charge in [0.1, 0.15) is 5.50 Å². The lowest BCUT2D eigenvalue weighted by Gasteiger charge is -2.44. The number of benzene rings is 1. The van der Waals surface area contributed by atoms with Crippen molar-refractivity contribution in [3.05, 3.63) is 53.3 Å². The van der Waals surface area contributed by atoms with Gasteiger partial charge in [-0.2, -0.15) is 18.4 Å². The van der Waals surface area contributed by atoms with Gasteiger partial charge in [-0.15, -0.1) is 12.6 Å². The largest absolute Gasteiger partial charge is 0.417 e. The van der Waals surface area contributed by atoms with E-state index in [1.54, 1.807) is 32.0 Å². The van der Waals surface area contributed by atoms with Gasteiger partial charge in [-0.05, 0) is 90.1 Å².